The van der Waals surface area contributed by atoms with Gasteiger partial charge in [0.25, 0.3) is 0 Å². The molecule has 0 spiro atoms. The summed E-state index contributed by atoms with van der Waals surface area (Å²) in [7, 11) is 1.86. The summed E-state index contributed by atoms with van der Waals surface area (Å²) >= 11 is 1.47. The Bertz CT molecular complexity index is 1130. The molecule has 176 valence electrons. The van der Waals surface area contributed by atoms with Gasteiger partial charge in [0.15, 0.2) is 5.13 Å². The van der Waals surface area contributed by atoms with Gasteiger partial charge in [0.1, 0.15) is 5.82 Å². The van der Waals surface area contributed by atoms with E-state index in [0.717, 1.165) is 34.7 Å². The van der Waals surface area contributed by atoms with Crippen LogP contribution in [0, 0.1) is 5.92 Å². The van der Waals surface area contributed by atoms with Crippen LogP contribution in [0.4, 0.5) is 10.9 Å². The van der Waals surface area contributed by atoms with E-state index in [0.29, 0.717) is 10.9 Å². The molecule has 0 unspecified atom stereocenters. The van der Waals surface area contributed by atoms with Gasteiger partial charge in [-0.3, -0.25) is 14.3 Å². The van der Waals surface area contributed by atoms with Crippen LogP contribution in [0.1, 0.15) is 56.4 Å². The second-order valence-corrected chi connectivity index (χ2v) is 10.6. The number of rotatable bonds is 8. The topological polar surface area (TPSA) is 102 Å². The molecule has 0 fully saturated rings. The maximum atomic E-state index is 12.5. The van der Waals surface area contributed by atoms with Gasteiger partial charge in [-0.15, -0.1) is 11.3 Å². The van der Waals surface area contributed by atoms with Gasteiger partial charge in [-0.2, -0.15) is 5.10 Å². The highest BCUT2D eigenvalue weighted by molar-refractivity contribution is 7.15. The van der Waals surface area contributed by atoms with Crippen LogP contribution in [-0.4, -0.2) is 31.6 Å². The van der Waals surface area contributed by atoms with Crippen LogP contribution in [0.25, 0.3) is 0 Å². The molecule has 0 aliphatic heterocycles. The van der Waals surface area contributed by atoms with E-state index in [1.807, 2.05) is 39.1 Å². The SMILES string of the molecule is CC(C)C(=O)Nc1cc(CCc2cnc(NC(=O)Cc3cc(C(C)(C)C)nn3C)s2)ccn1. The third-order valence-corrected chi connectivity index (χ3v) is 6.12. The normalized spacial score (nSPS) is 11.6. The van der Waals surface area contributed by atoms with Gasteiger partial charge in [-0.1, -0.05) is 34.6 Å². The summed E-state index contributed by atoms with van der Waals surface area (Å²) in [6, 6.07) is 5.82. The Morgan fingerprint density at radius 2 is 1.88 bits per heavy atom. The number of amides is 2. The van der Waals surface area contributed by atoms with Crippen molar-refractivity contribution < 1.29 is 9.59 Å². The summed E-state index contributed by atoms with van der Waals surface area (Å²) in [4.78, 5) is 34.0. The molecule has 3 aromatic rings. The van der Waals surface area contributed by atoms with Crippen molar-refractivity contribution in [1.29, 1.82) is 0 Å². The number of thiazole rings is 1. The van der Waals surface area contributed by atoms with E-state index in [1.54, 1.807) is 17.1 Å². The van der Waals surface area contributed by atoms with Gasteiger partial charge in [0.2, 0.25) is 11.8 Å². The largest absolute Gasteiger partial charge is 0.310 e. The number of hydrogen-bond donors (Lipinski definition) is 2. The maximum absolute atomic E-state index is 12.5. The number of hydrogen-bond acceptors (Lipinski definition) is 6. The molecular weight excluding hydrogens is 436 g/mol. The number of pyridine rings is 1. The minimum absolute atomic E-state index is 0.0526. The predicted octanol–water partition coefficient (Wildman–Crippen LogP) is 4.13. The van der Waals surface area contributed by atoms with Crippen molar-refractivity contribution in [2.45, 2.75) is 59.3 Å². The molecular formula is C24H32N6O2S. The minimum Gasteiger partial charge on any atom is -0.310 e. The molecule has 0 saturated carbocycles. The Kier molecular flexibility index (Phi) is 7.63. The number of anilines is 2. The number of carbonyl (C=O) groups excluding carboxylic acids is 2. The van der Waals surface area contributed by atoms with Gasteiger partial charge in [0.05, 0.1) is 12.1 Å². The molecule has 2 N–H and O–H groups in total. The van der Waals surface area contributed by atoms with E-state index in [-0.39, 0.29) is 29.6 Å². The molecule has 9 heteroatoms. The van der Waals surface area contributed by atoms with Gasteiger partial charge in [0, 0.05) is 41.3 Å². The molecule has 0 atom stereocenters. The number of aryl methyl sites for hydroxylation is 3. The third kappa shape index (κ3) is 6.95. The highest BCUT2D eigenvalue weighted by Gasteiger charge is 2.20. The summed E-state index contributed by atoms with van der Waals surface area (Å²) < 4.78 is 1.76. The van der Waals surface area contributed by atoms with Crippen molar-refractivity contribution in [3.8, 4) is 0 Å². The molecule has 33 heavy (non-hydrogen) atoms. The van der Waals surface area contributed by atoms with E-state index in [1.165, 1.54) is 11.3 Å². The fourth-order valence-corrected chi connectivity index (χ4v) is 3.91. The van der Waals surface area contributed by atoms with Gasteiger partial charge >= 0.3 is 0 Å². The average Bonchev–Trinajstić information content (AvgIpc) is 3.33. The van der Waals surface area contributed by atoms with E-state index in [2.05, 4.69) is 46.5 Å². The quantitative estimate of drug-likeness (QED) is 0.518. The first-order valence-electron chi connectivity index (χ1n) is 11.0. The Hall–Kier alpha value is -3.07. The van der Waals surface area contributed by atoms with Crippen molar-refractivity contribution >= 4 is 34.1 Å². The zero-order valence-corrected chi connectivity index (χ0v) is 20.9. The van der Waals surface area contributed by atoms with E-state index >= 15 is 0 Å². The smallest absolute Gasteiger partial charge is 0.232 e. The van der Waals surface area contributed by atoms with E-state index in [4.69, 9.17) is 0 Å². The molecule has 0 aromatic carbocycles. The summed E-state index contributed by atoms with van der Waals surface area (Å²) in [6.07, 6.45) is 5.31. The lowest BCUT2D eigenvalue weighted by atomic mass is 9.92. The second-order valence-electron chi connectivity index (χ2n) is 9.44. The van der Waals surface area contributed by atoms with Gasteiger partial charge in [-0.25, -0.2) is 9.97 Å². The number of nitrogens with one attached hydrogen (secondary N) is 2. The molecule has 3 aromatic heterocycles. The Morgan fingerprint density at radius 1 is 1.12 bits per heavy atom. The first kappa shape index (κ1) is 24.6. The second kappa shape index (κ2) is 10.2. The van der Waals surface area contributed by atoms with Crippen molar-refractivity contribution in [3.05, 3.63) is 52.4 Å². The van der Waals surface area contributed by atoms with Crippen LogP contribution >= 0.6 is 11.3 Å². The zero-order chi connectivity index (χ0) is 24.2. The number of carbonyl (C=O) groups is 2. The van der Waals surface area contributed by atoms with Crippen molar-refractivity contribution in [1.82, 2.24) is 19.7 Å². The van der Waals surface area contributed by atoms with Gasteiger partial charge < -0.3 is 10.6 Å². The van der Waals surface area contributed by atoms with Crippen LogP contribution in [0.2, 0.25) is 0 Å². The molecule has 0 saturated heterocycles. The van der Waals surface area contributed by atoms with Crippen LogP contribution in [0.15, 0.2) is 30.6 Å². The first-order chi connectivity index (χ1) is 15.5. The molecule has 3 heterocycles. The van der Waals surface area contributed by atoms with E-state index < -0.39 is 0 Å². The standard InChI is InChI=1S/C24H32N6O2S/c1-15(2)22(32)27-20-11-16(9-10-25-20)7-8-18-14-26-23(33-18)28-21(31)13-17-12-19(24(3,4)5)29-30(17)6/h9-12,14-15H,7-8,13H2,1-6H3,(H,25,27,32)(H,26,28,31). The Morgan fingerprint density at radius 3 is 2.55 bits per heavy atom. The summed E-state index contributed by atoms with van der Waals surface area (Å²) in [6.45, 7) is 10.00. The third-order valence-electron chi connectivity index (χ3n) is 5.15. The number of aromatic nitrogens is 4. The van der Waals surface area contributed by atoms with Crippen molar-refractivity contribution in [2.24, 2.45) is 13.0 Å². The van der Waals surface area contributed by atoms with Crippen LogP contribution in [-0.2, 0) is 41.3 Å². The fourth-order valence-electron chi connectivity index (χ4n) is 3.08. The summed E-state index contributed by atoms with van der Waals surface area (Å²) in [5.74, 6) is 0.301. The predicted molar refractivity (Wildman–Crippen MR) is 131 cm³/mol. The van der Waals surface area contributed by atoms with Crippen molar-refractivity contribution in [2.75, 3.05) is 10.6 Å². The number of nitrogens with zero attached hydrogens (tertiary/aromatic N) is 4. The highest BCUT2D eigenvalue weighted by Crippen LogP contribution is 2.23. The summed E-state index contributed by atoms with van der Waals surface area (Å²) in [5, 5.41) is 10.8. The lowest BCUT2D eigenvalue weighted by Crippen LogP contribution is -2.18. The zero-order valence-electron chi connectivity index (χ0n) is 20.1. The summed E-state index contributed by atoms with van der Waals surface area (Å²) in [5.41, 5.74) is 2.85. The Balaban J connectivity index is 1.54. The van der Waals surface area contributed by atoms with Crippen LogP contribution < -0.4 is 10.6 Å². The van der Waals surface area contributed by atoms with Gasteiger partial charge in [-0.05, 0) is 36.6 Å². The Labute approximate surface area is 198 Å². The molecule has 8 nitrogen and oxygen atoms in total. The van der Waals surface area contributed by atoms with Crippen LogP contribution in [0.3, 0.4) is 0 Å². The molecule has 2 amide bonds. The molecule has 0 radical (unpaired) electrons. The monoisotopic (exact) mass is 468 g/mol. The molecule has 0 aliphatic carbocycles. The first-order valence-corrected chi connectivity index (χ1v) is 11.9. The lowest BCUT2D eigenvalue weighted by molar-refractivity contribution is -0.119. The van der Waals surface area contributed by atoms with Crippen molar-refractivity contribution in [3.63, 3.8) is 0 Å². The van der Waals surface area contributed by atoms with Crippen LogP contribution in [0.5, 0.6) is 0 Å². The molecule has 0 bridgehead atoms. The lowest BCUT2D eigenvalue weighted by Gasteiger charge is -2.13. The molecule has 3 rings (SSSR count). The van der Waals surface area contributed by atoms with E-state index in [9.17, 15) is 9.59 Å². The average molecular weight is 469 g/mol. The molecule has 0 aliphatic rings. The maximum Gasteiger partial charge on any atom is 0.232 e. The highest BCUT2D eigenvalue weighted by atomic mass is 32.1. The minimum atomic E-state index is -0.112. The fraction of sp³-hybridized carbons (Fsp3) is 0.458.